The van der Waals surface area contributed by atoms with Gasteiger partial charge in [-0.15, -0.1) is 0 Å². The molecular formula is C15H18FN3O2S. The van der Waals surface area contributed by atoms with Crippen molar-refractivity contribution >= 4 is 10.2 Å². The summed E-state index contributed by atoms with van der Waals surface area (Å²) < 4.78 is 40.7. The third-order valence-corrected chi connectivity index (χ3v) is 5.18. The highest BCUT2D eigenvalue weighted by Gasteiger charge is 2.31. The molecule has 0 aliphatic carbocycles. The minimum Gasteiger partial charge on any atom is -0.259 e. The van der Waals surface area contributed by atoms with Crippen LogP contribution in [0, 0.1) is 5.82 Å². The molecule has 0 spiro atoms. The van der Waals surface area contributed by atoms with Crippen molar-refractivity contribution in [1.29, 1.82) is 0 Å². The van der Waals surface area contributed by atoms with E-state index in [4.69, 9.17) is 0 Å². The minimum absolute atomic E-state index is 0.422. The number of hydrogen-bond acceptors (Lipinski definition) is 3. The normalized spacial score (nSPS) is 13.5. The van der Waals surface area contributed by atoms with Gasteiger partial charge in [-0.2, -0.15) is 17.0 Å². The Bertz CT molecular complexity index is 735. The molecule has 0 aliphatic rings. The second-order valence-corrected chi connectivity index (χ2v) is 7.22. The van der Waals surface area contributed by atoms with E-state index in [1.54, 1.807) is 36.5 Å². The molecule has 1 heterocycles. The van der Waals surface area contributed by atoms with Gasteiger partial charge in [0.1, 0.15) is 5.82 Å². The van der Waals surface area contributed by atoms with Gasteiger partial charge >= 0.3 is 0 Å². The largest absolute Gasteiger partial charge is 0.282 e. The third-order valence-electron chi connectivity index (χ3n) is 3.32. The molecule has 7 heteroatoms. The predicted molar refractivity (Wildman–Crippen MR) is 82.8 cm³/mol. The van der Waals surface area contributed by atoms with Gasteiger partial charge in [-0.1, -0.05) is 18.2 Å². The highest BCUT2D eigenvalue weighted by Crippen LogP contribution is 2.29. The number of pyridine rings is 1. The summed E-state index contributed by atoms with van der Waals surface area (Å²) in [5.74, 6) is -0.422. The quantitative estimate of drug-likeness (QED) is 0.846. The zero-order valence-corrected chi connectivity index (χ0v) is 13.5. The summed E-state index contributed by atoms with van der Waals surface area (Å²) in [6.45, 7) is 0. The van der Waals surface area contributed by atoms with Crippen molar-refractivity contribution in [3.63, 3.8) is 0 Å². The molecule has 2 rings (SSSR count). The monoisotopic (exact) mass is 323 g/mol. The molecule has 0 saturated carbocycles. The Balaban J connectivity index is 2.57. The van der Waals surface area contributed by atoms with Gasteiger partial charge in [-0.05, 0) is 29.8 Å². The molecule has 0 N–H and O–H groups in total. The van der Waals surface area contributed by atoms with E-state index in [2.05, 4.69) is 4.98 Å². The van der Waals surface area contributed by atoms with E-state index in [1.807, 2.05) is 0 Å². The molecule has 2 aromatic rings. The van der Waals surface area contributed by atoms with Gasteiger partial charge in [0.15, 0.2) is 0 Å². The fraction of sp³-hybridized carbons (Fsp3) is 0.267. The van der Waals surface area contributed by atoms with E-state index in [0.29, 0.717) is 11.3 Å². The fourth-order valence-electron chi connectivity index (χ4n) is 2.17. The first-order chi connectivity index (χ1) is 10.3. The van der Waals surface area contributed by atoms with Gasteiger partial charge in [-0.3, -0.25) is 4.98 Å². The molecule has 0 radical (unpaired) electrons. The first-order valence-electron chi connectivity index (χ1n) is 6.66. The molecule has 5 nitrogen and oxygen atoms in total. The van der Waals surface area contributed by atoms with Crippen LogP contribution in [0.4, 0.5) is 4.39 Å². The molecular weight excluding hydrogens is 305 g/mol. The Morgan fingerprint density at radius 2 is 1.82 bits per heavy atom. The number of hydrogen-bond donors (Lipinski definition) is 0. The maximum Gasteiger partial charge on any atom is 0.282 e. The Morgan fingerprint density at radius 3 is 2.36 bits per heavy atom. The number of aromatic nitrogens is 1. The fourth-order valence-corrected chi connectivity index (χ4v) is 3.18. The van der Waals surface area contributed by atoms with Crippen LogP contribution in [0.1, 0.15) is 17.3 Å². The van der Waals surface area contributed by atoms with Crippen molar-refractivity contribution in [2.45, 2.75) is 6.04 Å². The molecule has 1 aromatic carbocycles. The molecule has 0 unspecified atom stereocenters. The topological polar surface area (TPSA) is 53.5 Å². The van der Waals surface area contributed by atoms with Gasteiger partial charge in [-0.25, -0.2) is 4.39 Å². The van der Waals surface area contributed by atoms with Crippen LogP contribution in [0.5, 0.6) is 0 Å². The van der Waals surface area contributed by atoms with Crippen LogP contribution in [-0.2, 0) is 10.2 Å². The zero-order chi connectivity index (χ0) is 16.3. The molecule has 0 fully saturated rings. The predicted octanol–water partition coefficient (Wildman–Crippen LogP) is 2.05. The summed E-state index contributed by atoms with van der Waals surface area (Å²) >= 11 is 0. The lowest BCUT2D eigenvalue weighted by Crippen LogP contribution is -2.40. The standard InChI is InChI=1S/C15H18FN3O2S/c1-18(2)22(20,21)19(3)15(14-9-4-5-10-17-14)12-7-6-8-13(16)11-12/h4-11,15H,1-3H3/t15-/m0/s1. The van der Waals surface area contributed by atoms with E-state index in [-0.39, 0.29) is 0 Å². The van der Waals surface area contributed by atoms with Gasteiger partial charge in [0, 0.05) is 27.3 Å². The van der Waals surface area contributed by atoms with Crippen molar-refractivity contribution < 1.29 is 12.8 Å². The van der Waals surface area contributed by atoms with Crippen molar-refractivity contribution in [1.82, 2.24) is 13.6 Å². The van der Waals surface area contributed by atoms with Crippen molar-refractivity contribution in [3.8, 4) is 0 Å². The average molecular weight is 323 g/mol. The summed E-state index contributed by atoms with van der Waals surface area (Å²) in [7, 11) is 0.679. The number of nitrogens with zero attached hydrogens (tertiary/aromatic N) is 3. The van der Waals surface area contributed by atoms with Gasteiger partial charge in [0.25, 0.3) is 10.2 Å². The number of rotatable bonds is 5. The van der Waals surface area contributed by atoms with Crippen LogP contribution in [0.2, 0.25) is 0 Å². The Hall–Kier alpha value is -1.83. The van der Waals surface area contributed by atoms with Crippen LogP contribution >= 0.6 is 0 Å². The first kappa shape index (κ1) is 16.5. The zero-order valence-electron chi connectivity index (χ0n) is 12.6. The lowest BCUT2D eigenvalue weighted by atomic mass is 10.0. The maximum absolute atomic E-state index is 13.6. The van der Waals surface area contributed by atoms with Gasteiger partial charge < -0.3 is 0 Å². The summed E-state index contributed by atoms with van der Waals surface area (Å²) in [6, 6.07) is 10.4. The van der Waals surface area contributed by atoms with Crippen LogP contribution in [-0.4, -0.2) is 43.2 Å². The Kier molecular flexibility index (Phi) is 4.90. The van der Waals surface area contributed by atoms with Crippen molar-refractivity contribution in [2.24, 2.45) is 0 Å². The second-order valence-electron chi connectivity index (χ2n) is 5.02. The highest BCUT2D eigenvalue weighted by molar-refractivity contribution is 7.86. The van der Waals surface area contributed by atoms with Crippen LogP contribution in [0.15, 0.2) is 48.7 Å². The molecule has 0 saturated heterocycles. The Labute approximate surface area is 130 Å². The van der Waals surface area contributed by atoms with E-state index < -0.39 is 22.1 Å². The van der Waals surface area contributed by atoms with Crippen molar-refractivity contribution in [3.05, 3.63) is 65.7 Å². The molecule has 1 atom stereocenters. The summed E-state index contributed by atoms with van der Waals surface area (Å²) in [4.78, 5) is 4.23. The van der Waals surface area contributed by atoms with Crippen molar-refractivity contribution in [2.75, 3.05) is 21.1 Å². The van der Waals surface area contributed by atoms with E-state index in [0.717, 1.165) is 4.31 Å². The number of halogens is 1. The molecule has 0 amide bonds. The van der Waals surface area contributed by atoms with Crippen LogP contribution < -0.4 is 0 Å². The molecule has 22 heavy (non-hydrogen) atoms. The molecule has 0 bridgehead atoms. The molecule has 1 aromatic heterocycles. The third kappa shape index (κ3) is 3.32. The number of benzene rings is 1. The van der Waals surface area contributed by atoms with E-state index in [9.17, 15) is 12.8 Å². The van der Waals surface area contributed by atoms with Gasteiger partial charge in [0.2, 0.25) is 0 Å². The van der Waals surface area contributed by atoms with E-state index in [1.165, 1.54) is 37.6 Å². The Morgan fingerprint density at radius 1 is 1.09 bits per heavy atom. The summed E-state index contributed by atoms with van der Waals surface area (Å²) in [5.41, 5.74) is 1.05. The second kappa shape index (κ2) is 6.51. The first-order valence-corrected chi connectivity index (χ1v) is 8.05. The lowest BCUT2D eigenvalue weighted by Gasteiger charge is -2.29. The molecule has 0 aliphatic heterocycles. The van der Waals surface area contributed by atoms with Crippen LogP contribution in [0.3, 0.4) is 0 Å². The van der Waals surface area contributed by atoms with Gasteiger partial charge in [0.05, 0.1) is 11.7 Å². The summed E-state index contributed by atoms with van der Waals surface area (Å²) in [5, 5.41) is 0. The average Bonchev–Trinajstić information content (AvgIpc) is 2.48. The SMILES string of the molecule is CN(C)S(=O)(=O)N(C)[C@@H](c1cccc(F)c1)c1ccccn1. The highest BCUT2D eigenvalue weighted by atomic mass is 32.2. The smallest absolute Gasteiger partial charge is 0.259 e. The summed E-state index contributed by atoms with van der Waals surface area (Å²) in [6.07, 6.45) is 1.58. The maximum atomic E-state index is 13.6. The minimum atomic E-state index is -3.68. The molecule has 118 valence electrons. The van der Waals surface area contributed by atoms with E-state index >= 15 is 0 Å². The lowest BCUT2D eigenvalue weighted by molar-refractivity contribution is 0.374. The van der Waals surface area contributed by atoms with Crippen LogP contribution in [0.25, 0.3) is 0 Å².